The normalized spacial score (nSPS) is 14.3. The molecule has 0 radical (unpaired) electrons. The Labute approximate surface area is 148 Å². The third kappa shape index (κ3) is 3.42. The highest BCUT2D eigenvalue weighted by molar-refractivity contribution is 6.31. The Hall–Kier alpha value is -2.65. The highest BCUT2D eigenvalue weighted by Crippen LogP contribution is 2.24. The van der Waals surface area contributed by atoms with Crippen LogP contribution in [0.2, 0.25) is 5.02 Å². The number of hydrogen-bond acceptors (Lipinski definition) is 3. The molecule has 7 heteroatoms. The van der Waals surface area contributed by atoms with Gasteiger partial charge in [0.05, 0.1) is 11.3 Å². The van der Waals surface area contributed by atoms with Crippen LogP contribution in [-0.2, 0) is 0 Å². The molecule has 1 aliphatic heterocycles. The Morgan fingerprint density at radius 2 is 1.80 bits per heavy atom. The number of rotatable bonds is 2. The molecular formula is C18H14ClF2N3O. The first kappa shape index (κ1) is 17.2. The van der Waals surface area contributed by atoms with Crippen LogP contribution in [0, 0.1) is 23.0 Å². The van der Waals surface area contributed by atoms with Crippen LogP contribution < -0.4 is 4.90 Å². The van der Waals surface area contributed by atoms with Gasteiger partial charge in [-0.05, 0) is 30.3 Å². The number of halogens is 3. The summed E-state index contributed by atoms with van der Waals surface area (Å²) in [7, 11) is 0. The van der Waals surface area contributed by atoms with Gasteiger partial charge >= 0.3 is 0 Å². The molecular weight excluding hydrogens is 348 g/mol. The van der Waals surface area contributed by atoms with E-state index in [-0.39, 0.29) is 11.1 Å². The van der Waals surface area contributed by atoms with Gasteiger partial charge in [0.15, 0.2) is 0 Å². The zero-order valence-corrected chi connectivity index (χ0v) is 13.9. The van der Waals surface area contributed by atoms with Crippen molar-refractivity contribution < 1.29 is 13.6 Å². The topological polar surface area (TPSA) is 47.3 Å². The van der Waals surface area contributed by atoms with Crippen LogP contribution in [0.15, 0.2) is 36.4 Å². The molecule has 0 aliphatic carbocycles. The van der Waals surface area contributed by atoms with Gasteiger partial charge in [0.2, 0.25) is 0 Å². The van der Waals surface area contributed by atoms with Crippen LogP contribution in [0.1, 0.15) is 15.9 Å². The number of hydrogen-bond donors (Lipinski definition) is 0. The molecule has 0 aromatic heterocycles. The van der Waals surface area contributed by atoms with E-state index in [1.165, 1.54) is 23.1 Å². The van der Waals surface area contributed by atoms with Crippen LogP contribution in [-0.4, -0.2) is 37.0 Å². The quantitative estimate of drug-likeness (QED) is 0.823. The van der Waals surface area contributed by atoms with Crippen molar-refractivity contribution in [1.82, 2.24) is 4.90 Å². The number of nitriles is 1. The Balaban J connectivity index is 1.74. The molecule has 1 amide bonds. The molecule has 128 valence electrons. The Morgan fingerprint density at radius 3 is 2.48 bits per heavy atom. The molecule has 3 rings (SSSR count). The van der Waals surface area contributed by atoms with Crippen molar-refractivity contribution in [3.8, 4) is 6.07 Å². The number of benzene rings is 2. The molecule has 4 nitrogen and oxygen atoms in total. The molecule has 0 spiro atoms. The van der Waals surface area contributed by atoms with Crippen molar-refractivity contribution in [2.75, 3.05) is 31.1 Å². The van der Waals surface area contributed by atoms with Gasteiger partial charge in [0.1, 0.15) is 23.3 Å². The number of carbonyl (C=O) groups is 1. The largest absolute Gasteiger partial charge is 0.367 e. The molecule has 0 unspecified atom stereocenters. The predicted molar refractivity (Wildman–Crippen MR) is 90.6 cm³/mol. The molecule has 0 saturated carbocycles. The number of nitrogens with zero attached hydrogens (tertiary/aromatic N) is 3. The van der Waals surface area contributed by atoms with Gasteiger partial charge in [0.25, 0.3) is 5.91 Å². The van der Waals surface area contributed by atoms with Crippen molar-refractivity contribution >= 4 is 23.2 Å². The van der Waals surface area contributed by atoms with Crippen molar-refractivity contribution in [2.45, 2.75) is 0 Å². The summed E-state index contributed by atoms with van der Waals surface area (Å²) in [5, 5.41) is 9.43. The minimum Gasteiger partial charge on any atom is -0.367 e. The van der Waals surface area contributed by atoms with E-state index in [0.717, 1.165) is 6.07 Å². The second-order valence-corrected chi connectivity index (χ2v) is 6.09. The molecule has 1 fully saturated rings. The van der Waals surface area contributed by atoms with Crippen molar-refractivity contribution in [3.63, 3.8) is 0 Å². The maximum absolute atomic E-state index is 13.9. The molecule has 1 saturated heterocycles. The zero-order chi connectivity index (χ0) is 18.0. The third-order valence-electron chi connectivity index (χ3n) is 4.17. The van der Waals surface area contributed by atoms with Gasteiger partial charge in [-0.25, -0.2) is 8.78 Å². The molecule has 0 N–H and O–H groups in total. The van der Waals surface area contributed by atoms with E-state index in [0.29, 0.717) is 36.9 Å². The molecule has 2 aromatic carbocycles. The number of anilines is 1. The fraction of sp³-hybridized carbons (Fsp3) is 0.222. The molecule has 0 atom stereocenters. The number of piperazine rings is 1. The van der Waals surface area contributed by atoms with E-state index in [9.17, 15) is 13.6 Å². The maximum atomic E-state index is 13.9. The van der Waals surface area contributed by atoms with Crippen LogP contribution in [0.5, 0.6) is 0 Å². The first-order chi connectivity index (χ1) is 12.0. The summed E-state index contributed by atoms with van der Waals surface area (Å²) < 4.78 is 27.6. The van der Waals surface area contributed by atoms with E-state index in [1.807, 2.05) is 11.0 Å². The van der Waals surface area contributed by atoms with Crippen molar-refractivity contribution in [3.05, 3.63) is 64.2 Å². The summed E-state index contributed by atoms with van der Waals surface area (Å²) in [4.78, 5) is 15.9. The average Bonchev–Trinajstić information content (AvgIpc) is 2.63. The van der Waals surface area contributed by atoms with E-state index in [2.05, 4.69) is 0 Å². The van der Waals surface area contributed by atoms with Crippen LogP contribution in [0.4, 0.5) is 14.5 Å². The summed E-state index contributed by atoms with van der Waals surface area (Å²) >= 11 is 5.84. The lowest BCUT2D eigenvalue weighted by Crippen LogP contribution is -2.49. The maximum Gasteiger partial charge on any atom is 0.257 e. The van der Waals surface area contributed by atoms with Gasteiger partial charge in [-0.2, -0.15) is 5.26 Å². The van der Waals surface area contributed by atoms with E-state index >= 15 is 0 Å². The smallest absolute Gasteiger partial charge is 0.257 e. The Kier molecular flexibility index (Phi) is 4.86. The number of carbonyl (C=O) groups excluding carboxylic acids is 1. The van der Waals surface area contributed by atoms with E-state index < -0.39 is 17.5 Å². The molecule has 0 bridgehead atoms. The first-order valence-electron chi connectivity index (χ1n) is 7.69. The summed E-state index contributed by atoms with van der Waals surface area (Å²) in [6, 6.07) is 10.2. The molecule has 1 aliphatic rings. The lowest BCUT2D eigenvalue weighted by molar-refractivity contribution is 0.0742. The van der Waals surface area contributed by atoms with Crippen LogP contribution >= 0.6 is 11.6 Å². The summed E-state index contributed by atoms with van der Waals surface area (Å²) in [5.74, 6) is -1.62. The predicted octanol–water partition coefficient (Wildman–Crippen LogP) is 3.45. The van der Waals surface area contributed by atoms with Gasteiger partial charge in [-0.3, -0.25) is 4.79 Å². The van der Waals surface area contributed by atoms with Gasteiger partial charge in [0, 0.05) is 31.2 Å². The number of amides is 1. The van der Waals surface area contributed by atoms with Crippen LogP contribution in [0.3, 0.4) is 0 Å². The second-order valence-electron chi connectivity index (χ2n) is 5.65. The summed E-state index contributed by atoms with van der Waals surface area (Å²) in [6.07, 6.45) is 0. The SMILES string of the molecule is N#Cc1c(F)cccc1N1CCN(C(=O)c2cc(Cl)ccc2F)CC1. The Morgan fingerprint density at radius 1 is 1.08 bits per heavy atom. The second kappa shape index (κ2) is 7.08. The van der Waals surface area contributed by atoms with Crippen LogP contribution in [0.25, 0.3) is 0 Å². The van der Waals surface area contributed by atoms with E-state index in [4.69, 9.17) is 16.9 Å². The van der Waals surface area contributed by atoms with Gasteiger partial charge in [-0.15, -0.1) is 0 Å². The molecule has 2 aromatic rings. The van der Waals surface area contributed by atoms with Gasteiger partial charge in [-0.1, -0.05) is 17.7 Å². The Bertz CT molecular complexity index is 858. The lowest BCUT2D eigenvalue weighted by Gasteiger charge is -2.36. The first-order valence-corrected chi connectivity index (χ1v) is 8.07. The minimum absolute atomic E-state index is 0.0110. The highest BCUT2D eigenvalue weighted by Gasteiger charge is 2.26. The van der Waals surface area contributed by atoms with Crippen molar-refractivity contribution in [2.24, 2.45) is 0 Å². The van der Waals surface area contributed by atoms with Gasteiger partial charge < -0.3 is 9.80 Å². The zero-order valence-electron chi connectivity index (χ0n) is 13.2. The fourth-order valence-corrected chi connectivity index (χ4v) is 3.04. The third-order valence-corrected chi connectivity index (χ3v) is 4.40. The van der Waals surface area contributed by atoms with E-state index in [1.54, 1.807) is 12.1 Å². The highest BCUT2D eigenvalue weighted by atomic mass is 35.5. The van der Waals surface area contributed by atoms with Crippen molar-refractivity contribution in [1.29, 1.82) is 5.26 Å². The minimum atomic E-state index is -0.617. The lowest BCUT2D eigenvalue weighted by atomic mass is 10.1. The average molecular weight is 362 g/mol. The molecule has 1 heterocycles. The summed E-state index contributed by atoms with van der Waals surface area (Å²) in [5.41, 5.74) is 0.427. The monoisotopic (exact) mass is 361 g/mol. The molecule has 25 heavy (non-hydrogen) atoms. The standard InChI is InChI=1S/C18H14ClF2N3O/c19-12-4-5-16(21)13(10-12)18(25)24-8-6-23(7-9-24)17-3-1-2-15(20)14(17)11-22/h1-5,10H,6-9H2. The summed E-state index contributed by atoms with van der Waals surface area (Å²) in [6.45, 7) is 1.52. The fourth-order valence-electron chi connectivity index (χ4n) is 2.87.